The van der Waals surface area contributed by atoms with Crippen LogP contribution in [-0.4, -0.2) is 32.5 Å². The van der Waals surface area contributed by atoms with Crippen molar-refractivity contribution in [3.63, 3.8) is 0 Å². The summed E-state index contributed by atoms with van der Waals surface area (Å²) in [5.41, 5.74) is 0.184. The number of aryl methyl sites for hydroxylation is 1. The minimum absolute atomic E-state index is 0.0269. The lowest BCUT2D eigenvalue weighted by Crippen LogP contribution is -2.26. The molecule has 0 bridgehead atoms. The summed E-state index contributed by atoms with van der Waals surface area (Å²) in [5, 5.41) is 12.7. The van der Waals surface area contributed by atoms with Crippen molar-refractivity contribution in [2.75, 3.05) is 0 Å². The van der Waals surface area contributed by atoms with Crippen LogP contribution in [0.1, 0.15) is 28.2 Å². The van der Waals surface area contributed by atoms with Crippen molar-refractivity contribution in [1.29, 1.82) is 5.26 Å². The minimum atomic E-state index is -5.11. The van der Waals surface area contributed by atoms with E-state index in [4.69, 9.17) is 16.9 Å². The summed E-state index contributed by atoms with van der Waals surface area (Å²) in [4.78, 5) is 27.0. The van der Waals surface area contributed by atoms with Gasteiger partial charge in [0.05, 0.1) is 12.0 Å². The Morgan fingerprint density at radius 2 is 2.04 bits per heavy atom. The van der Waals surface area contributed by atoms with Crippen LogP contribution in [0, 0.1) is 18.3 Å². The van der Waals surface area contributed by atoms with E-state index in [0.29, 0.717) is 5.69 Å². The summed E-state index contributed by atoms with van der Waals surface area (Å²) in [6.07, 6.45) is -6.46. The first-order valence-corrected chi connectivity index (χ1v) is 6.78. The Balaban J connectivity index is 2.49. The zero-order valence-corrected chi connectivity index (χ0v) is 12.8. The van der Waals surface area contributed by atoms with Gasteiger partial charge in [0, 0.05) is 5.69 Å². The third kappa shape index (κ3) is 3.60. The standard InChI is InChI=1S/C14H8ClF3N4O2/c1-7-4-8(6-19)21-22(7)13-9(2-3-12(15)20-13)10(23)5-11(24)14(16,17)18/h2-4H,5H2,1H3. The number of carbonyl (C=O) groups is 2. The maximum atomic E-state index is 12.3. The lowest BCUT2D eigenvalue weighted by Gasteiger charge is -2.10. The van der Waals surface area contributed by atoms with E-state index < -0.39 is 24.2 Å². The number of pyridine rings is 1. The third-order valence-electron chi connectivity index (χ3n) is 2.98. The molecule has 0 radical (unpaired) electrons. The van der Waals surface area contributed by atoms with Gasteiger partial charge < -0.3 is 0 Å². The van der Waals surface area contributed by atoms with Crippen LogP contribution in [0.2, 0.25) is 5.15 Å². The molecule has 2 rings (SSSR count). The Hall–Kier alpha value is -2.73. The zero-order chi connectivity index (χ0) is 18.1. The molecule has 0 aliphatic carbocycles. The molecule has 0 aliphatic heterocycles. The fraction of sp³-hybridized carbons (Fsp3) is 0.214. The number of Topliss-reactive ketones (excluding diaryl/α,β-unsaturated/α-hetero) is 2. The number of aromatic nitrogens is 3. The highest BCUT2D eigenvalue weighted by Gasteiger charge is 2.39. The van der Waals surface area contributed by atoms with Crippen LogP contribution in [0.4, 0.5) is 13.2 Å². The van der Waals surface area contributed by atoms with Gasteiger partial charge in [-0.1, -0.05) is 11.6 Å². The molecule has 6 nitrogen and oxygen atoms in total. The average Bonchev–Trinajstić information content (AvgIpc) is 2.87. The Morgan fingerprint density at radius 1 is 1.38 bits per heavy atom. The van der Waals surface area contributed by atoms with Crippen LogP contribution < -0.4 is 0 Å². The quantitative estimate of drug-likeness (QED) is 0.477. The summed E-state index contributed by atoms with van der Waals surface area (Å²) in [6, 6.07) is 5.56. The van der Waals surface area contributed by atoms with Crippen LogP contribution in [0.3, 0.4) is 0 Å². The zero-order valence-electron chi connectivity index (χ0n) is 12.1. The van der Waals surface area contributed by atoms with Crippen LogP contribution in [0.25, 0.3) is 5.82 Å². The molecule has 0 atom stereocenters. The predicted molar refractivity (Wildman–Crippen MR) is 75.8 cm³/mol. The van der Waals surface area contributed by atoms with Crippen molar-refractivity contribution in [2.45, 2.75) is 19.5 Å². The van der Waals surface area contributed by atoms with Gasteiger partial charge in [0.15, 0.2) is 17.3 Å². The number of alkyl halides is 3. The van der Waals surface area contributed by atoms with Gasteiger partial charge >= 0.3 is 6.18 Å². The number of hydrogen-bond acceptors (Lipinski definition) is 5. The van der Waals surface area contributed by atoms with Crippen LogP contribution in [0.15, 0.2) is 18.2 Å². The van der Waals surface area contributed by atoms with Crippen LogP contribution >= 0.6 is 11.6 Å². The molecule has 0 saturated heterocycles. The second kappa shape index (κ2) is 6.41. The molecule has 2 aromatic rings. The molecule has 2 heterocycles. The van der Waals surface area contributed by atoms with Crippen molar-refractivity contribution in [3.8, 4) is 11.9 Å². The second-order valence-electron chi connectivity index (χ2n) is 4.72. The monoisotopic (exact) mass is 356 g/mol. The van der Waals surface area contributed by atoms with Gasteiger partial charge in [-0.25, -0.2) is 9.67 Å². The van der Waals surface area contributed by atoms with E-state index in [9.17, 15) is 22.8 Å². The Kier molecular flexibility index (Phi) is 4.71. The van der Waals surface area contributed by atoms with E-state index in [1.807, 2.05) is 0 Å². The maximum absolute atomic E-state index is 12.3. The molecular formula is C14H8ClF3N4O2. The molecule has 0 unspecified atom stereocenters. The van der Waals surface area contributed by atoms with Gasteiger partial charge in [-0.15, -0.1) is 0 Å². The summed E-state index contributed by atoms with van der Waals surface area (Å²) in [7, 11) is 0. The number of carbonyl (C=O) groups excluding carboxylic acids is 2. The lowest BCUT2D eigenvalue weighted by atomic mass is 10.1. The molecule has 0 aromatic carbocycles. The van der Waals surface area contributed by atoms with E-state index in [-0.39, 0.29) is 22.2 Å². The first kappa shape index (κ1) is 17.6. The minimum Gasteiger partial charge on any atom is -0.294 e. The molecule has 0 spiro atoms. The van der Waals surface area contributed by atoms with E-state index in [1.165, 1.54) is 12.1 Å². The van der Waals surface area contributed by atoms with Gasteiger partial charge in [0.2, 0.25) is 5.78 Å². The molecule has 0 N–H and O–H groups in total. The number of rotatable bonds is 4. The van der Waals surface area contributed by atoms with Gasteiger partial charge in [-0.2, -0.15) is 23.5 Å². The Morgan fingerprint density at radius 3 is 2.58 bits per heavy atom. The summed E-state index contributed by atoms with van der Waals surface area (Å²) in [6.45, 7) is 1.56. The third-order valence-corrected chi connectivity index (χ3v) is 3.19. The Labute approximate surface area is 138 Å². The molecule has 0 fully saturated rings. The molecule has 0 amide bonds. The largest absolute Gasteiger partial charge is 0.450 e. The van der Waals surface area contributed by atoms with Gasteiger partial charge in [0.1, 0.15) is 11.2 Å². The van der Waals surface area contributed by atoms with Crippen molar-refractivity contribution in [1.82, 2.24) is 14.8 Å². The Bertz CT molecular complexity index is 868. The van der Waals surface area contributed by atoms with Crippen molar-refractivity contribution in [2.24, 2.45) is 0 Å². The topological polar surface area (TPSA) is 88.6 Å². The second-order valence-corrected chi connectivity index (χ2v) is 5.11. The van der Waals surface area contributed by atoms with E-state index in [1.54, 1.807) is 13.0 Å². The normalized spacial score (nSPS) is 11.2. The average molecular weight is 357 g/mol. The molecule has 124 valence electrons. The summed E-state index contributed by atoms with van der Waals surface area (Å²) >= 11 is 5.77. The van der Waals surface area contributed by atoms with Gasteiger partial charge in [-0.05, 0) is 25.1 Å². The van der Waals surface area contributed by atoms with Gasteiger partial charge in [-0.3, -0.25) is 9.59 Å². The molecule has 24 heavy (non-hydrogen) atoms. The first-order chi connectivity index (χ1) is 11.1. The molecule has 10 heteroatoms. The number of nitrogens with zero attached hydrogens (tertiary/aromatic N) is 4. The molecule has 2 aromatic heterocycles. The van der Waals surface area contributed by atoms with Crippen molar-refractivity contribution < 1.29 is 22.8 Å². The molecule has 0 aliphatic rings. The lowest BCUT2D eigenvalue weighted by molar-refractivity contribution is -0.170. The molecule has 0 saturated carbocycles. The maximum Gasteiger partial charge on any atom is 0.450 e. The smallest absolute Gasteiger partial charge is 0.294 e. The highest BCUT2D eigenvalue weighted by atomic mass is 35.5. The van der Waals surface area contributed by atoms with Crippen molar-refractivity contribution in [3.05, 3.63) is 40.3 Å². The van der Waals surface area contributed by atoms with E-state index in [2.05, 4.69) is 10.1 Å². The summed E-state index contributed by atoms with van der Waals surface area (Å²) in [5.74, 6) is -3.39. The summed E-state index contributed by atoms with van der Waals surface area (Å²) < 4.78 is 38.1. The van der Waals surface area contributed by atoms with E-state index >= 15 is 0 Å². The fourth-order valence-corrected chi connectivity index (χ4v) is 2.03. The molecular weight excluding hydrogens is 349 g/mol. The number of hydrogen-bond donors (Lipinski definition) is 0. The number of nitriles is 1. The highest BCUT2D eigenvalue weighted by Crippen LogP contribution is 2.23. The number of halogens is 4. The number of ketones is 2. The van der Waals surface area contributed by atoms with Crippen molar-refractivity contribution >= 4 is 23.2 Å². The predicted octanol–water partition coefficient (Wildman–Crippen LogP) is 2.81. The SMILES string of the molecule is Cc1cc(C#N)nn1-c1nc(Cl)ccc1C(=O)CC(=O)C(F)(F)F. The van der Waals surface area contributed by atoms with Gasteiger partial charge in [0.25, 0.3) is 0 Å². The van der Waals surface area contributed by atoms with Crippen LogP contribution in [0.5, 0.6) is 0 Å². The highest BCUT2D eigenvalue weighted by molar-refractivity contribution is 6.29. The first-order valence-electron chi connectivity index (χ1n) is 6.40. The van der Waals surface area contributed by atoms with Crippen LogP contribution in [-0.2, 0) is 4.79 Å². The fourth-order valence-electron chi connectivity index (χ4n) is 1.89. The van der Waals surface area contributed by atoms with E-state index in [0.717, 1.165) is 10.7 Å².